The van der Waals surface area contributed by atoms with Crippen LogP contribution in [-0.2, 0) is 4.74 Å². The van der Waals surface area contributed by atoms with Gasteiger partial charge in [-0.25, -0.2) is 4.79 Å². The van der Waals surface area contributed by atoms with Crippen molar-refractivity contribution < 1.29 is 14.6 Å². The molecule has 17 heavy (non-hydrogen) atoms. The first-order valence-electron chi connectivity index (χ1n) is 5.85. The van der Waals surface area contributed by atoms with Crippen LogP contribution < -0.4 is 0 Å². The lowest BCUT2D eigenvalue weighted by molar-refractivity contribution is 0.0392. The Morgan fingerprint density at radius 3 is 3.12 bits per heavy atom. The molecule has 5 heteroatoms. The largest absolute Gasteiger partial charge is 0.450 e. The van der Waals surface area contributed by atoms with Gasteiger partial charge in [0.2, 0.25) is 0 Å². The van der Waals surface area contributed by atoms with Crippen molar-refractivity contribution in [1.82, 2.24) is 4.90 Å². The average Bonchev–Trinajstić information content (AvgIpc) is 2.82. The van der Waals surface area contributed by atoms with Gasteiger partial charge < -0.3 is 14.7 Å². The molecule has 94 valence electrons. The molecule has 2 atom stereocenters. The molecule has 0 bridgehead atoms. The van der Waals surface area contributed by atoms with Gasteiger partial charge in [0.1, 0.15) is 0 Å². The normalized spacial score (nSPS) is 24.7. The molecule has 1 saturated heterocycles. The summed E-state index contributed by atoms with van der Waals surface area (Å²) in [4.78, 5) is 14.3. The van der Waals surface area contributed by atoms with E-state index in [-0.39, 0.29) is 12.0 Å². The molecule has 1 aliphatic heterocycles. The highest BCUT2D eigenvalue weighted by atomic mass is 32.1. The van der Waals surface area contributed by atoms with Gasteiger partial charge in [-0.2, -0.15) is 0 Å². The third kappa shape index (κ3) is 2.79. The minimum atomic E-state index is -0.494. The van der Waals surface area contributed by atoms with Crippen LogP contribution in [0.3, 0.4) is 0 Å². The lowest BCUT2D eigenvalue weighted by Gasteiger charge is -2.34. The topological polar surface area (TPSA) is 49.8 Å². The van der Waals surface area contributed by atoms with E-state index in [0.29, 0.717) is 19.7 Å². The fourth-order valence-electron chi connectivity index (χ4n) is 2.15. The molecule has 0 spiro atoms. The highest BCUT2D eigenvalue weighted by molar-refractivity contribution is 7.10. The Bertz CT molecular complexity index is 366. The lowest BCUT2D eigenvalue weighted by atomic mass is 9.92. The highest BCUT2D eigenvalue weighted by Gasteiger charge is 2.32. The predicted molar refractivity (Wildman–Crippen MR) is 66.3 cm³/mol. The molecule has 1 aliphatic rings. The van der Waals surface area contributed by atoms with Gasteiger partial charge in [0.15, 0.2) is 0 Å². The van der Waals surface area contributed by atoms with E-state index in [4.69, 9.17) is 4.74 Å². The molecule has 0 saturated carbocycles. The number of thiophene rings is 1. The highest BCUT2D eigenvalue weighted by Crippen LogP contribution is 2.31. The van der Waals surface area contributed by atoms with E-state index in [1.165, 1.54) is 4.88 Å². The summed E-state index contributed by atoms with van der Waals surface area (Å²) in [6, 6.07) is 4.03. The van der Waals surface area contributed by atoms with Crippen molar-refractivity contribution in [2.24, 2.45) is 0 Å². The predicted octanol–water partition coefficient (Wildman–Crippen LogP) is 2.05. The summed E-state index contributed by atoms with van der Waals surface area (Å²) in [6.45, 7) is 3.17. The number of β-amino-alcohol motifs (C(OH)–C–C–N with tert-alkyl or cyclic N) is 1. The average molecular weight is 255 g/mol. The van der Waals surface area contributed by atoms with Gasteiger partial charge >= 0.3 is 6.09 Å². The van der Waals surface area contributed by atoms with E-state index in [0.717, 1.165) is 6.42 Å². The Labute approximate surface area is 105 Å². The molecule has 2 heterocycles. The Morgan fingerprint density at radius 2 is 2.53 bits per heavy atom. The Kier molecular flexibility index (Phi) is 4.02. The van der Waals surface area contributed by atoms with Crippen molar-refractivity contribution in [2.75, 3.05) is 19.7 Å². The second kappa shape index (κ2) is 5.51. The maximum atomic E-state index is 11.5. The fourth-order valence-corrected chi connectivity index (χ4v) is 3.07. The van der Waals surface area contributed by atoms with Gasteiger partial charge in [0, 0.05) is 17.3 Å². The van der Waals surface area contributed by atoms with Gasteiger partial charge in [-0.3, -0.25) is 0 Å². The molecule has 1 N–H and O–H groups in total. The van der Waals surface area contributed by atoms with Crippen LogP contribution >= 0.6 is 11.3 Å². The third-order valence-corrected chi connectivity index (χ3v) is 4.02. The van der Waals surface area contributed by atoms with Gasteiger partial charge in [-0.1, -0.05) is 6.07 Å². The van der Waals surface area contributed by atoms with Crippen molar-refractivity contribution in [2.45, 2.75) is 25.4 Å². The summed E-state index contributed by atoms with van der Waals surface area (Å²) < 4.78 is 4.93. The maximum absolute atomic E-state index is 11.5. The number of carbonyl (C=O) groups is 1. The van der Waals surface area contributed by atoms with Crippen molar-refractivity contribution in [3.63, 3.8) is 0 Å². The van der Waals surface area contributed by atoms with E-state index in [9.17, 15) is 9.90 Å². The van der Waals surface area contributed by atoms with Crippen LogP contribution in [0, 0.1) is 0 Å². The van der Waals surface area contributed by atoms with E-state index in [1.807, 2.05) is 17.5 Å². The number of aliphatic hydroxyl groups excluding tert-OH is 1. The SMILES string of the molecule is CCOC(=O)N1CC[C@H](c2cccs2)[C@@H](O)C1. The van der Waals surface area contributed by atoms with Crippen LogP contribution in [-0.4, -0.2) is 41.9 Å². The van der Waals surface area contributed by atoms with Gasteiger partial charge in [-0.15, -0.1) is 11.3 Å². The summed E-state index contributed by atoms with van der Waals surface area (Å²) in [5.41, 5.74) is 0. The summed E-state index contributed by atoms with van der Waals surface area (Å²) >= 11 is 1.66. The molecule has 0 unspecified atom stereocenters. The van der Waals surface area contributed by atoms with Crippen LogP contribution in [0.2, 0.25) is 0 Å². The first-order valence-corrected chi connectivity index (χ1v) is 6.73. The van der Waals surface area contributed by atoms with E-state index in [1.54, 1.807) is 23.2 Å². The van der Waals surface area contributed by atoms with Crippen LogP contribution in [0.15, 0.2) is 17.5 Å². The smallest absolute Gasteiger partial charge is 0.409 e. The standard InChI is InChI=1S/C12H17NO3S/c1-2-16-12(15)13-6-5-9(10(14)8-13)11-4-3-7-17-11/h3-4,7,9-10,14H,2,5-6,8H2,1H3/t9-,10-/m0/s1. The van der Waals surface area contributed by atoms with E-state index in [2.05, 4.69) is 0 Å². The molecule has 1 fully saturated rings. The van der Waals surface area contributed by atoms with Gasteiger partial charge in [0.25, 0.3) is 0 Å². The molecule has 2 rings (SSSR count). The first kappa shape index (κ1) is 12.4. The number of nitrogens with zero attached hydrogens (tertiary/aromatic N) is 1. The van der Waals surface area contributed by atoms with Crippen LogP contribution in [0.25, 0.3) is 0 Å². The molecule has 1 aromatic heterocycles. The second-order valence-electron chi connectivity index (χ2n) is 4.12. The zero-order chi connectivity index (χ0) is 12.3. The molecule has 1 aromatic rings. The number of hydrogen-bond donors (Lipinski definition) is 1. The van der Waals surface area contributed by atoms with Crippen molar-refractivity contribution >= 4 is 17.4 Å². The van der Waals surface area contributed by atoms with Gasteiger partial charge in [-0.05, 0) is 24.8 Å². The number of likely N-dealkylation sites (tertiary alicyclic amines) is 1. The zero-order valence-corrected chi connectivity index (χ0v) is 10.7. The second-order valence-corrected chi connectivity index (χ2v) is 5.10. The number of ether oxygens (including phenoxy) is 1. The minimum absolute atomic E-state index is 0.153. The lowest BCUT2D eigenvalue weighted by Crippen LogP contribution is -2.45. The summed E-state index contributed by atoms with van der Waals surface area (Å²) in [7, 11) is 0. The van der Waals surface area contributed by atoms with E-state index < -0.39 is 6.10 Å². The van der Waals surface area contributed by atoms with Crippen LogP contribution in [0.1, 0.15) is 24.1 Å². The molecule has 0 radical (unpaired) electrons. The molecule has 0 aliphatic carbocycles. The van der Waals surface area contributed by atoms with Crippen LogP contribution in [0.4, 0.5) is 4.79 Å². The first-order chi connectivity index (χ1) is 8.22. The zero-order valence-electron chi connectivity index (χ0n) is 9.83. The Morgan fingerprint density at radius 1 is 1.71 bits per heavy atom. The summed E-state index contributed by atoms with van der Waals surface area (Å²) in [5, 5.41) is 12.1. The number of amides is 1. The number of rotatable bonds is 2. The molecular weight excluding hydrogens is 238 g/mol. The third-order valence-electron chi connectivity index (χ3n) is 3.02. The summed E-state index contributed by atoms with van der Waals surface area (Å²) in [6.07, 6.45) is -0.0245. The van der Waals surface area contributed by atoms with Crippen LogP contribution in [0.5, 0.6) is 0 Å². The maximum Gasteiger partial charge on any atom is 0.409 e. The number of piperidine rings is 1. The van der Waals surface area contributed by atoms with Crippen molar-refractivity contribution in [3.05, 3.63) is 22.4 Å². The molecule has 0 aromatic carbocycles. The number of carbonyl (C=O) groups excluding carboxylic acids is 1. The van der Waals surface area contributed by atoms with Gasteiger partial charge in [0.05, 0.1) is 19.3 Å². The summed E-state index contributed by atoms with van der Waals surface area (Å²) in [5.74, 6) is 0.153. The molecule has 4 nitrogen and oxygen atoms in total. The molecular formula is C12H17NO3S. The van der Waals surface area contributed by atoms with Crippen molar-refractivity contribution in [3.8, 4) is 0 Å². The minimum Gasteiger partial charge on any atom is -0.450 e. The Balaban J connectivity index is 1.96. The monoisotopic (exact) mass is 255 g/mol. The van der Waals surface area contributed by atoms with E-state index >= 15 is 0 Å². The quantitative estimate of drug-likeness (QED) is 0.880. The van der Waals surface area contributed by atoms with Crippen molar-refractivity contribution in [1.29, 1.82) is 0 Å². The molecule has 1 amide bonds. The Hall–Kier alpha value is -1.07. The number of aliphatic hydroxyl groups is 1. The number of hydrogen-bond acceptors (Lipinski definition) is 4. The fraction of sp³-hybridized carbons (Fsp3) is 0.583.